The molecule has 0 fully saturated rings. The SMILES string of the molecule is C=Cc1ccc([O][Zr]([CH]2C=CC=C2)[CH]2C=CC=C2)cc1. The van der Waals surface area contributed by atoms with E-state index in [9.17, 15) is 0 Å². The Hall–Kier alpha value is -1.40. The van der Waals surface area contributed by atoms with Gasteiger partial charge >= 0.3 is 129 Å². The first-order valence-electron chi connectivity index (χ1n) is 6.84. The summed E-state index contributed by atoms with van der Waals surface area (Å²) in [6.45, 7) is 3.78. The molecule has 0 radical (unpaired) electrons. The fraction of sp³-hybridized carbons (Fsp3) is 0.111. The van der Waals surface area contributed by atoms with E-state index >= 15 is 0 Å². The molecule has 0 N–H and O–H groups in total. The van der Waals surface area contributed by atoms with E-state index in [2.05, 4.69) is 79.5 Å². The van der Waals surface area contributed by atoms with Crippen molar-refractivity contribution >= 4 is 6.08 Å². The molecule has 3 rings (SSSR count). The standard InChI is InChI=1S/C8H8O.2C5H5.Zr/c1-2-7-3-5-8(9)6-4-7;2*1-2-4-5-3-1;/h2-6,9H,1H2;2*1-5H;/q;;;+1/p-1. The van der Waals surface area contributed by atoms with Gasteiger partial charge in [0.2, 0.25) is 0 Å². The van der Waals surface area contributed by atoms with Gasteiger partial charge in [-0.25, -0.2) is 0 Å². The molecule has 2 aliphatic carbocycles. The Morgan fingerprint density at radius 3 is 1.80 bits per heavy atom. The molecule has 2 heteroatoms. The van der Waals surface area contributed by atoms with E-state index in [0.717, 1.165) is 11.3 Å². The number of benzene rings is 1. The van der Waals surface area contributed by atoms with E-state index < -0.39 is 22.2 Å². The Kier molecular flexibility index (Phi) is 4.32. The van der Waals surface area contributed by atoms with Gasteiger partial charge in [-0.2, -0.15) is 0 Å². The molecule has 0 unspecified atom stereocenters. The zero-order chi connectivity index (χ0) is 13.8. The van der Waals surface area contributed by atoms with Crippen molar-refractivity contribution in [2.24, 2.45) is 0 Å². The molecule has 0 heterocycles. The molecule has 20 heavy (non-hydrogen) atoms. The van der Waals surface area contributed by atoms with Crippen LogP contribution in [0.2, 0.25) is 7.25 Å². The van der Waals surface area contributed by atoms with Crippen LogP contribution in [-0.4, -0.2) is 0 Å². The Labute approximate surface area is 129 Å². The van der Waals surface area contributed by atoms with Crippen LogP contribution in [-0.2, 0) is 22.2 Å². The summed E-state index contributed by atoms with van der Waals surface area (Å²) in [5.41, 5.74) is 1.13. The van der Waals surface area contributed by atoms with Crippen LogP contribution in [0.4, 0.5) is 0 Å². The van der Waals surface area contributed by atoms with Crippen LogP contribution in [0.5, 0.6) is 5.75 Å². The Morgan fingerprint density at radius 2 is 1.35 bits per heavy atom. The van der Waals surface area contributed by atoms with Crippen molar-refractivity contribution in [2.45, 2.75) is 7.25 Å². The summed E-state index contributed by atoms with van der Waals surface area (Å²) < 4.78 is 7.48. The number of allylic oxidation sites excluding steroid dienone is 8. The van der Waals surface area contributed by atoms with Crippen LogP contribution in [0.3, 0.4) is 0 Å². The average molecular weight is 341 g/mol. The predicted octanol–water partition coefficient (Wildman–Crippen LogP) is 5.07. The van der Waals surface area contributed by atoms with Gasteiger partial charge < -0.3 is 0 Å². The quantitative estimate of drug-likeness (QED) is 0.727. The molecule has 99 valence electrons. The summed E-state index contributed by atoms with van der Waals surface area (Å²) in [7, 11) is 0. The normalized spacial score (nSPS) is 17.0. The second kappa shape index (κ2) is 6.37. The maximum atomic E-state index is 6.44. The van der Waals surface area contributed by atoms with Crippen molar-refractivity contribution in [2.75, 3.05) is 0 Å². The molecular formula is C18H17OZr. The third-order valence-corrected chi connectivity index (χ3v) is 9.79. The van der Waals surface area contributed by atoms with Gasteiger partial charge in [-0.3, -0.25) is 0 Å². The van der Waals surface area contributed by atoms with E-state index in [4.69, 9.17) is 2.81 Å². The van der Waals surface area contributed by atoms with Gasteiger partial charge in [-0.1, -0.05) is 0 Å². The van der Waals surface area contributed by atoms with Gasteiger partial charge in [0.1, 0.15) is 0 Å². The summed E-state index contributed by atoms with van der Waals surface area (Å²) >= 11 is -2.12. The molecule has 0 atom stereocenters. The Morgan fingerprint density at radius 1 is 0.850 bits per heavy atom. The zero-order valence-electron chi connectivity index (χ0n) is 11.3. The minimum absolute atomic E-state index is 0.522. The van der Waals surface area contributed by atoms with Crippen LogP contribution in [0, 0.1) is 0 Å². The molecule has 0 aromatic heterocycles. The van der Waals surface area contributed by atoms with Crippen molar-refractivity contribution in [1.29, 1.82) is 0 Å². The van der Waals surface area contributed by atoms with E-state index in [1.165, 1.54) is 0 Å². The molecular weight excluding hydrogens is 323 g/mol. The molecule has 0 saturated heterocycles. The molecule has 0 bridgehead atoms. The number of hydrogen-bond donors (Lipinski definition) is 0. The first-order valence-corrected chi connectivity index (χ1v) is 10.7. The van der Waals surface area contributed by atoms with E-state index in [-0.39, 0.29) is 0 Å². The van der Waals surface area contributed by atoms with E-state index in [0.29, 0.717) is 7.25 Å². The molecule has 1 nitrogen and oxygen atoms in total. The zero-order valence-corrected chi connectivity index (χ0v) is 13.7. The summed E-state index contributed by atoms with van der Waals surface area (Å²) in [6.07, 6.45) is 19.5. The fourth-order valence-corrected chi connectivity index (χ4v) is 8.13. The molecule has 1 aromatic rings. The van der Waals surface area contributed by atoms with Gasteiger partial charge in [0.25, 0.3) is 0 Å². The first-order chi connectivity index (χ1) is 9.86. The average Bonchev–Trinajstić information content (AvgIpc) is 3.19. The fourth-order valence-electron chi connectivity index (χ4n) is 2.41. The van der Waals surface area contributed by atoms with Crippen molar-refractivity contribution in [3.05, 3.63) is 85.0 Å². The van der Waals surface area contributed by atoms with Crippen LogP contribution < -0.4 is 2.81 Å². The minimum atomic E-state index is -2.12. The Bertz CT molecular complexity index is 540. The van der Waals surface area contributed by atoms with Crippen LogP contribution in [0.15, 0.2) is 79.5 Å². The van der Waals surface area contributed by atoms with E-state index in [1.54, 1.807) is 0 Å². The molecule has 1 aromatic carbocycles. The van der Waals surface area contributed by atoms with Crippen molar-refractivity contribution in [3.8, 4) is 5.75 Å². The first kappa shape index (κ1) is 13.6. The Balaban J connectivity index is 1.79. The predicted molar refractivity (Wildman–Crippen MR) is 81.2 cm³/mol. The summed E-state index contributed by atoms with van der Waals surface area (Å²) in [5.74, 6) is 0.993. The second-order valence-corrected chi connectivity index (χ2v) is 10.6. The van der Waals surface area contributed by atoms with Crippen molar-refractivity contribution < 1.29 is 25.0 Å². The molecule has 0 saturated carbocycles. The summed E-state index contributed by atoms with van der Waals surface area (Å²) in [4.78, 5) is 0. The van der Waals surface area contributed by atoms with Crippen LogP contribution in [0.25, 0.3) is 6.08 Å². The van der Waals surface area contributed by atoms with Crippen LogP contribution in [0.1, 0.15) is 5.56 Å². The van der Waals surface area contributed by atoms with Gasteiger partial charge in [-0.05, 0) is 0 Å². The van der Waals surface area contributed by atoms with Gasteiger partial charge in [0.05, 0.1) is 0 Å². The summed E-state index contributed by atoms with van der Waals surface area (Å²) in [6, 6.07) is 8.23. The van der Waals surface area contributed by atoms with Crippen molar-refractivity contribution in [3.63, 3.8) is 0 Å². The second-order valence-electron chi connectivity index (χ2n) is 4.87. The van der Waals surface area contributed by atoms with Crippen molar-refractivity contribution in [1.82, 2.24) is 0 Å². The van der Waals surface area contributed by atoms with Gasteiger partial charge in [-0.15, -0.1) is 0 Å². The van der Waals surface area contributed by atoms with E-state index in [1.807, 2.05) is 6.08 Å². The van der Waals surface area contributed by atoms with Crippen LogP contribution >= 0.6 is 0 Å². The monoisotopic (exact) mass is 339 g/mol. The van der Waals surface area contributed by atoms with Gasteiger partial charge in [0, 0.05) is 0 Å². The maximum absolute atomic E-state index is 6.44. The van der Waals surface area contributed by atoms with Gasteiger partial charge in [0.15, 0.2) is 0 Å². The third kappa shape index (κ3) is 3.02. The third-order valence-electron chi connectivity index (χ3n) is 3.50. The summed E-state index contributed by atoms with van der Waals surface area (Å²) in [5, 5.41) is 0. The topological polar surface area (TPSA) is 9.23 Å². The molecule has 0 aliphatic heterocycles. The molecule has 0 spiro atoms. The number of rotatable bonds is 5. The molecule has 2 aliphatic rings. The number of hydrogen-bond acceptors (Lipinski definition) is 1. The molecule has 0 amide bonds.